The first kappa shape index (κ1) is 20.5. The van der Waals surface area contributed by atoms with Gasteiger partial charge in [0.05, 0.1) is 23.4 Å². The molecule has 1 aromatic carbocycles. The minimum atomic E-state index is -0.490. The summed E-state index contributed by atoms with van der Waals surface area (Å²) >= 11 is 1.37. The van der Waals surface area contributed by atoms with Crippen LogP contribution in [0, 0.1) is 10.1 Å². The average molecular weight is 439 g/mol. The number of benzene rings is 1. The first-order valence-corrected chi connectivity index (χ1v) is 10.1. The van der Waals surface area contributed by atoms with Gasteiger partial charge in [-0.1, -0.05) is 0 Å². The van der Waals surface area contributed by atoms with Crippen molar-refractivity contribution in [1.82, 2.24) is 19.9 Å². The second-order valence-electron chi connectivity index (χ2n) is 6.75. The molecule has 1 aliphatic rings. The first-order chi connectivity index (χ1) is 15.0. The molecule has 0 unspecified atom stereocenters. The van der Waals surface area contributed by atoms with Crippen LogP contribution in [0.5, 0.6) is 0 Å². The minimum Gasteiger partial charge on any atom is -0.325 e. The SMILES string of the molecule is O=C(CN1CCc2nc(NC(=O)c3cnccn3)sc2C1)Nc1ccc([N+](=O)[O-])cc1. The van der Waals surface area contributed by atoms with E-state index in [0.717, 1.165) is 10.6 Å². The number of aromatic nitrogens is 3. The molecule has 2 amide bonds. The Balaban J connectivity index is 1.33. The zero-order chi connectivity index (χ0) is 21.8. The van der Waals surface area contributed by atoms with Gasteiger partial charge in [0.25, 0.3) is 11.6 Å². The Labute approximate surface area is 180 Å². The van der Waals surface area contributed by atoms with Gasteiger partial charge < -0.3 is 5.32 Å². The fraction of sp³-hybridized carbons (Fsp3) is 0.211. The van der Waals surface area contributed by atoms with Crippen molar-refractivity contribution in [1.29, 1.82) is 0 Å². The number of thiazole rings is 1. The highest BCUT2D eigenvalue weighted by molar-refractivity contribution is 7.15. The Morgan fingerprint density at radius 2 is 2.00 bits per heavy atom. The number of anilines is 2. The molecule has 0 atom stereocenters. The van der Waals surface area contributed by atoms with Crippen LogP contribution in [0.1, 0.15) is 21.1 Å². The number of rotatable bonds is 6. The van der Waals surface area contributed by atoms with E-state index in [4.69, 9.17) is 0 Å². The number of nitrogens with one attached hydrogen (secondary N) is 2. The molecule has 2 N–H and O–H groups in total. The lowest BCUT2D eigenvalue weighted by atomic mass is 10.2. The monoisotopic (exact) mass is 439 g/mol. The molecular weight excluding hydrogens is 422 g/mol. The molecule has 3 heterocycles. The number of carbonyl (C=O) groups excluding carboxylic acids is 2. The fourth-order valence-electron chi connectivity index (χ4n) is 3.08. The molecule has 0 saturated heterocycles. The molecule has 11 nitrogen and oxygen atoms in total. The van der Waals surface area contributed by atoms with E-state index in [-0.39, 0.29) is 29.7 Å². The molecule has 0 aliphatic carbocycles. The fourth-order valence-corrected chi connectivity index (χ4v) is 4.13. The smallest absolute Gasteiger partial charge is 0.277 e. The molecule has 0 saturated carbocycles. The molecule has 3 aromatic rings. The maximum atomic E-state index is 12.4. The van der Waals surface area contributed by atoms with Crippen LogP contribution in [0.3, 0.4) is 0 Å². The van der Waals surface area contributed by atoms with E-state index in [1.807, 2.05) is 4.90 Å². The highest BCUT2D eigenvalue weighted by Crippen LogP contribution is 2.28. The Bertz CT molecular complexity index is 1120. The standard InChI is InChI=1S/C19H17N7O4S/c27-17(22-12-1-3-13(4-2-12)26(29)30)11-25-8-5-14-16(10-25)31-19(23-14)24-18(28)15-9-20-6-7-21-15/h1-4,6-7,9H,5,8,10-11H2,(H,22,27)(H,23,24,28). The number of nitro groups is 1. The van der Waals surface area contributed by atoms with E-state index in [1.54, 1.807) is 0 Å². The summed E-state index contributed by atoms with van der Waals surface area (Å²) in [5.41, 5.74) is 1.58. The molecule has 0 spiro atoms. The van der Waals surface area contributed by atoms with E-state index in [0.29, 0.717) is 30.3 Å². The average Bonchev–Trinajstić information content (AvgIpc) is 3.16. The van der Waals surface area contributed by atoms with Gasteiger partial charge in [-0.25, -0.2) is 9.97 Å². The molecule has 31 heavy (non-hydrogen) atoms. The molecule has 0 bridgehead atoms. The van der Waals surface area contributed by atoms with Crippen molar-refractivity contribution in [2.45, 2.75) is 13.0 Å². The summed E-state index contributed by atoms with van der Waals surface area (Å²) in [6, 6.07) is 5.69. The number of carbonyl (C=O) groups is 2. The number of hydrogen-bond donors (Lipinski definition) is 2. The highest BCUT2D eigenvalue weighted by Gasteiger charge is 2.23. The maximum absolute atomic E-state index is 12.4. The van der Waals surface area contributed by atoms with E-state index in [2.05, 4.69) is 25.6 Å². The first-order valence-electron chi connectivity index (χ1n) is 9.30. The lowest BCUT2D eigenvalue weighted by molar-refractivity contribution is -0.384. The molecule has 2 aromatic heterocycles. The molecule has 4 rings (SSSR count). The van der Waals surface area contributed by atoms with Gasteiger partial charge in [0.15, 0.2) is 5.13 Å². The van der Waals surface area contributed by atoms with E-state index >= 15 is 0 Å². The zero-order valence-corrected chi connectivity index (χ0v) is 17.0. The van der Waals surface area contributed by atoms with Gasteiger partial charge in [-0.15, -0.1) is 11.3 Å². The number of fused-ring (bicyclic) bond motifs is 1. The van der Waals surface area contributed by atoms with Crippen LogP contribution in [0.25, 0.3) is 0 Å². The van der Waals surface area contributed by atoms with Crippen molar-refractivity contribution < 1.29 is 14.5 Å². The Morgan fingerprint density at radius 3 is 2.71 bits per heavy atom. The number of nitro benzene ring substituents is 1. The van der Waals surface area contributed by atoms with Gasteiger partial charge in [-0.05, 0) is 12.1 Å². The molecule has 0 fully saturated rings. The van der Waals surface area contributed by atoms with E-state index in [1.165, 1.54) is 54.2 Å². The van der Waals surface area contributed by atoms with Gasteiger partial charge in [-0.3, -0.25) is 34.9 Å². The highest BCUT2D eigenvalue weighted by atomic mass is 32.1. The molecule has 12 heteroatoms. The second kappa shape index (κ2) is 8.93. The largest absolute Gasteiger partial charge is 0.325 e. The van der Waals surface area contributed by atoms with Crippen LogP contribution in [0.2, 0.25) is 0 Å². The van der Waals surface area contributed by atoms with Gasteiger partial charge in [0, 0.05) is 54.6 Å². The second-order valence-corrected chi connectivity index (χ2v) is 7.83. The van der Waals surface area contributed by atoms with Crippen molar-refractivity contribution in [2.75, 3.05) is 23.7 Å². The number of non-ortho nitro benzene ring substituents is 1. The van der Waals surface area contributed by atoms with Crippen molar-refractivity contribution >= 4 is 39.7 Å². The van der Waals surface area contributed by atoms with E-state index in [9.17, 15) is 19.7 Å². The van der Waals surface area contributed by atoms with Crippen LogP contribution in [0.4, 0.5) is 16.5 Å². The number of hydrogen-bond acceptors (Lipinski definition) is 9. The van der Waals surface area contributed by atoms with Crippen LogP contribution < -0.4 is 10.6 Å². The maximum Gasteiger partial charge on any atom is 0.277 e. The number of nitrogens with zero attached hydrogens (tertiary/aromatic N) is 5. The summed E-state index contributed by atoms with van der Waals surface area (Å²) in [6.45, 7) is 1.37. The van der Waals surface area contributed by atoms with Crippen LogP contribution >= 0.6 is 11.3 Å². The van der Waals surface area contributed by atoms with Crippen molar-refractivity contribution in [3.8, 4) is 0 Å². The molecular formula is C19H17N7O4S. The molecule has 158 valence electrons. The zero-order valence-electron chi connectivity index (χ0n) is 16.1. The molecule has 0 radical (unpaired) electrons. The van der Waals surface area contributed by atoms with Gasteiger partial charge in [0.1, 0.15) is 5.69 Å². The summed E-state index contributed by atoms with van der Waals surface area (Å²) in [6.07, 6.45) is 4.98. The van der Waals surface area contributed by atoms with Crippen LogP contribution in [-0.4, -0.2) is 49.7 Å². The van der Waals surface area contributed by atoms with Gasteiger partial charge in [0.2, 0.25) is 5.91 Å². The van der Waals surface area contributed by atoms with Crippen LogP contribution in [-0.2, 0) is 17.8 Å². The normalized spacial score (nSPS) is 13.3. The van der Waals surface area contributed by atoms with Crippen molar-refractivity contribution in [3.05, 3.63) is 69.2 Å². The summed E-state index contributed by atoms with van der Waals surface area (Å²) < 4.78 is 0. The predicted molar refractivity (Wildman–Crippen MR) is 113 cm³/mol. The summed E-state index contributed by atoms with van der Waals surface area (Å²) in [5.74, 6) is -0.587. The quantitative estimate of drug-likeness (QED) is 0.439. The summed E-state index contributed by atoms with van der Waals surface area (Å²) in [4.78, 5) is 50.1. The van der Waals surface area contributed by atoms with Gasteiger partial charge >= 0.3 is 0 Å². The molecule has 1 aliphatic heterocycles. The van der Waals surface area contributed by atoms with Crippen molar-refractivity contribution in [3.63, 3.8) is 0 Å². The third-order valence-electron chi connectivity index (χ3n) is 4.56. The topological polar surface area (TPSA) is 143 Å². The Morgan fingerprint density at radius 1 is 1.19 bits per heavy atom. The predicted octanol–water partition coefficient (Wildman–Crippen LogP) is 2.09. The van der Waals surface area contributed by atoms with Gasteiger partial charge in [-0.2, -0.15) is 0 Å². The summed E-state index contributed by atoms with van der Waals surface area (Å²) in [7, 11) is 0. The van der Waals surface area contributed by atoms with Crippen LogP contribution in [0.15, 0.2) is 42.9 Å². The third-order valence-corrected chi connectivity index (χ3v) is 5.55. The Kier molecular flexibility index (Phi) is 5.91. The minimum absolute atomic E-state index is 0.0334. The lowest BCUT2D eigenvalue weighted by Gasteiger charge is -2.25. The third kappa shape index (κ3) is 5.05. The lowest BCUT2D eigenvalue weighted by Crippen LogP contribution is -2.36. The van der Waals surface area contributed by atoms with Crippen molar-refractivity contribution in [2.24, 2.45) is 0 Å². The van der Waals surface area contributed by atoms with E-state index < -0.39 is 4.92 Å². The number of amides is 2. The Hall–Kier alpha value is -3.77. The summed E-state index contributed by atoms with van der Waals surface area (Å²) in [5, 5.41) is 16.7.